The molecule has 152 valence electrons. The summed E-state index contributed by atoms with van der Waals surface area (Å²) < 4.78 is 5.88. The highest BCUT2D eigenvalue weighted by atomic mass is 16.5. The lowest BCUT2D eigenvalue weighted by molar-refractivity contribution is -0.158. The third-order valence-electron chi connectivity index (χ3n) is 5.57. The van der Waals surface area contributed by atoms with Gasteiger partial charge in [-0.1, -0.05) is 47.0 Å². The first-order valence-corrected chi connectivity index (χ1v) is 10.7. The molecule has 0 amide bonds. The van der Waals surface area contributed by atoms with Crippen LogP contribution >= 0.6 is 0 Å². The average molecular weight is 369 g/mol. The Morgan fingerprint density at radius 2 is 1.35 bits per heavy atom. The summed E-state index contributed by atoms with van der Waals surface area (Å²) >= 11 is 0. The van der Waals surface area contributed by atoms with Crippen LogP contribution in [0.3, 0.4) is 0 Å². The van der Waals surface area contributed by atoms with Crippen molar-refractivity contribution in [1.29, 1.82) is 0 Å². The number of carbonyl (C=O) groups is 2. The van der Waals surface area contributed by atoms with E-state index < -0.39 is 5.97 Å². The van der Waals surface area contributed by atoms with E-state index in [1.165, 1.54) is 19.3 Å². The molecule has 0 spiro atoms. The van der Waals surface area contributed by atoms with E-state index in [1.54, 1.807) is 0 Å². The van der Waals surface area contributed by atoms with Gasteiger partial charge in [-0.2, -0.15) is 0 Å². The zero-order chi connectivity index (χ0) is 19.5. The van der Waals surface area contributed by atoms with Crippen molar-refractivity contribution in [2.75, 3.05) is 0 Å². The number of carboxylic acid groups (broad SMARTS) is 1. The lowest BCUT2D eigenvalue weighted by Gasteiger charge is -2.27. The van der Waals surface area contributed by atoms with Gasteiger partial charge in [0.15, 0.2) is 0 Å². The monoisotopic (exact) mass is 368 g/mol. The van der Waals surface area contributed by atoms with Gasteiger partial charge in [0.1, 0.15) is 6.10 Å². The Kier molecular flexibility index (Phi) is 10.9. The maximum Gasteiger partial charge on any atom is 0.309 e. The SMILES string of the molecule is CC(C)CCCCCC(CCC(C)C)OC(=O)C1CCC(C(=O)O)CC1. The molecule has 0 aliphatic heterocycles. The van der Waals surface area contributed by atoms with Crippen LogP contribution in [0.15, 0.2) is 0 Å². The Hall–Kier alpha value is -1.06. The number of unbranched alkanes of at least 4 members (excludes halogenated alkanes) is 2. The fourth-order valence-corrected chi connectivity index (χ4v) is 3.72. The van der Waals surface area contributed by atoms with Gasteiger partial charge in [-0.3, -0.25) is 9.59 Å². The summed E-state index contributed by atoms with van der Waals surface area (Å²) in [5.74, 6) is 0.163. The largest absolute Gasteiger partial charge is 0.481 e. The van der Waals surface area contributed by atoms with Crippen molar-refractivity contribution < 1.29 is 19.4 Å². The fraction of sp³-hybridized carbons (Fsp3) is 0.909. The smallest absolute Gasteiger partial charge is 0.309 e. The fourth-order valence-electron chi connectivity index (χ4n) is 3.72. The summed E-state index contributed by atoms with van der Waals surface area (Å²) in [4.78, 5) is 23.6. The van der Waals surface area contributed by atoms with Gasteiger partial charge in [-0.25, -0.2) is 0 Å². The molecule has 1 unspecified atom stereocenters. The van der Waals surface area contributed by atoms with E-state index >= 15 is 0 Å². The highest BCUT2D eigenvalue weighted by molar-refractivity contribution is 5.74. The molecule has 1 fully saturated rings. The highest BCUT2D eigenvalue weighted by Gasteiger charge is 2.31. The molecule has 26 heavy (non-hydrogen) atoms. The van der Waals surface area contributed by atoms with Crippen LogP contribution in [-0.2, 0) is 14.3 Å². The minimum atomic E-state index is -0.729. The quantitative estimate of drug-likeness (QED) is 0.347. The van der Waals surface area contributed by atoms with Crippen LogP contribution in [0.2, 0.25) is 0 Å². The third kappa shape index (κ3) is 9.59. The number of esters is 1. The molecule has 1 aliphatic rings. The number of hydrogen-bond donors (Lipinski definition) is 1. The summed E-state index contributed by atoms with van der Waals surface area (Å²) in [5, 5.41) is 9.09. The molecule has 4 nitrogen and oxygen atoms in total. The lowest BCUT2D eigenvalue weighted by atomic mass is 9.82. The van der Waals surface area contributed by atoms with Gasteiger partial charge < -0.3 is 9.84 Å². The van der Waals surface area contributed by atoms with Crippen molar-refractivity contribution in [3.8, 4) is 0 Å². The first-order valence-electron chi connectivity index (χ1n) is 10.7. The zero-order valence-electron chi connectivity index (χ0n) is 17.3. The van der Waals surface area contributed by atoms with Crippen LogP contribution in [0.25, 0.3) is 0 Å². The number of carboxylic acids is 1. The number of carbonyl (C=O) groups excluding carboxylic acids is 1. The second-order valence-electron chi connectivity index (χ2n) is 8.95. The Morgan fingerprint density at radius 3 is 1.88 bits per heavy atom. The van der Waals surface area contributed by atoms with E-state index in [0.717, 1.165) is 31.6 Å². The summed E-state index contributed by atoms with van der Waals surface area (Å²) in [5.41, 5.74) is 0. The molecule has 0 heterocycles. The normalized spacial score (nSPS) is 21.8. The molecule has 1 saturated carbocycles. The van der Waals surface area contributed by atoms with Crippen LogP contribution < -0.4 is 0 Å². The maximum atomic E-state index is 12.5. The molecule has 0 bridgehead atoms. The van der Waals surface area contributed by atoms with E-state index in [2.05, 4.69) is 27.7 Å². The molecule has 1 rings (SSSR count). The Labute approximate surface area is 160 Å². The van der Waals surface area contributed by atoms with Gasteiger partial charge in [-0.05, 0) is 63.2 Å². The average Bonchev–Trinajstić information content (AvgIpc) is 2.58. The second-order valence-corrected chi connectivity index (χ2v) is 8.95. The molecule has 0 aromatic heterocycles. The first-order chi connectivity index (χ1) is 12.3. The molecule has 1 N–H and O–H groups in total. The zero-order valence-corrected chi connectivity index (χ0v) is 17.3. The molecule has 0 aromatic carbocycles. The molecule has 0 saturated heterocycles. The van der Waals surface area contributed by atoms with E-state index in [1.807, 2.05) is 0 Å². The third-order valence-corrected chi connectivity index (χ3v) is 5.57. The van der Waals surface area contributed by atoms with E-state index in [4.69, 9.17) is 9.84 Å². The Bertz CT molecular complexity index is 408. The molecule has 1 aliphatic carbocycles. The molecule has 1 atom stereocenters. The Morgan fingerprint density at radius 1 is 0.808 bits per heavy atom. The predicted octanol–water partition coefficient (Wildman–Crippen LogP) is 5.83. The van der Waals surface area contributed by atoms with Crippen molar-refractivity contribution in [3.63, 3.8) is 0 Å². The van der Waals surface area contributed by atoms with Crippen LogP contribution in [0.1, 0.15) is 98.3 Å². The minimum absolute atomic E-state index is 0.0288. The molecule has 4 heteroatoms. The van der Waals surface area contributed by atoms with Gasteiger partial charge in [0.25, 0.3) is 0 Å². The summed E-state index contributed by atoms with van der Waals surface area (Å²) in [6.07, 6.45) is 10.4. The van der Waals surface area contributed by atoms with Gasteiger partial charge >= 0.3 is 11.9 Å². The maximum absolute atomic E-state index is 12.5. The number of hydrogen-bond acceptors (Lipinski definition) is 3. The second kappa shape index (κ2) is 12.3. The van der Waals surface area contributed by atoms with Crippen molar-refractivity contribution in [3.05, 3.63) is 0 Å². The summed E-state index contributed by atoms with van der Waals surface area (Å²) in [7, 11) is 0. The summed E-state index contributed by atoms with van der Waals surface area (Å²) in [6, 6.07) is 0. The van der Waals surface area contributed by atoms with E-state index in [9.17, 15) is 9.59 Å². The van der Waals surface area contributed by atoms with Gasteiger partial charge in [0.2, 0.25) is 0 Å². The molecular formula is C22H40O4. The van der Waals surface area contributed by atoms with E-state index in [0.29, 0.717) is 31.6 Å². The van der Waals surface area contributed by atoms with Crippen LogP contribution in [-0.4, -0.2) is 23.1 Å². The molecular weight excluding hydrogens is 328 g/mol. The number of rotatable bonds is 12. The predicted molar refractivity (Wildman–Crippen MR) is 105 cm³/mol. The standard InChI is InChI=1S/C22H40O4/c1-16(2)8-6-5-7-9-20(15-10-17(3)4)26-22(25)19-13-11-18(12-14-19)21(23)24/h16-20H,5-15H2,1-4H3,(H,23,24). The number of ether oxygens (including phenoxy) is 1. The first kappa shape index (κ1) is 23.0. The van der Waals surface area contributed by atoms with Crippen LogP contribution in [0, 0.1) is 23.7 Å². The molecule has 0 aromatic rings. The lowest BCUT2D eigenvalue weighted by Crippen LogP contribution is -2.30. The minimum Gasteiger partial charge on any atom is -0.481 e. The van der Waals surface area contributed by atoms with Crippen molar-refractivity contribution >= 4 is 11.9 Å². The van der Waals surface area contributed by atoms with Crippen molar-refractivity contribution in [1.82, 2.24) is 0 Å². The topological polar surface area (TPSA) is 63.6 Å². The van der Waals surface area contributed by atoms with Crippen LogP contribution in [0.5, 0.6) is 0 Å². The van der Waals surface area contributed by atoms with E-state index in [-0.39, 0.29) is 23.9 Å². The van der Waals surface area contributed by atoms with Crippen molar-refractivity contribution in [2.45, 2.75) is 104 Å². The van der Waals surface area contributed by atoms with Gasteiger partial charge in [0.05, 0.1) is 11.8 Å². The number of aliphatic carboxylic acids is 1. The van der Waals surface area contributed by atoms with Crippen LogP contribution in [0.4, 0.5) is 0 Å². The molecule has 0 radical (unpaired) electrons. The summed E-state index contributed by atoms with van der Waals surface area (Å²) in [6.45, 7) is 8.92. The van der Waals surface area contributed by atoms with Gasteiger partial charge in [-0.15, -0.1) is 0 Å². The van der Waals surface area contributed by atoms with Crippen molar-refractivity contribution in [2.24, 2.45) is 23.7 Å². The highest BCUT2D eigenvalue weighted by Crippen LogP contribution is 2.30. The van der Waals surface area contributed by atoms with Gasteiger partial charge in [0, 0.05) is 0 Å². The Balaban J connectivity index is 2.40.